The fourth-order valence-corrected chi connectivity index (χ4v) is 3.60. The molecule has 4 rings (SSSR count). The van der Waals surface area contributed by atoms with E-state index in [9.17, 15) is 14.4 Å². The zero-order valence-electron chi connectivity index (χ0n) is 15.7. The molecule has 0 spiro atoms. The van der Waals surface area contributed by atoms with Crippen LogP contribution in [0, 0.1) is 12.8 Å². The lowest BCUT2D eigenvalue weighted by atomic mass is 9.95. The fraction of sp³-hybridized carbons (Fsp3) is 0.238. The molecule has 2 aromatic rings. The number of hydrazone groups is 1. The molecule has 2 amide bonds. The number of imide groups is 1. The first kappa shape index (κ1) is 17.9. The molecule has 1 saturated heterocycles. The number of Topliss-reactive ketones (excluding diaryl/α,β-unsaturated/α-hetero) is 1. The van der Waals surface area contributed by atoms with Gasteiger partial charge in [0.15, 0.2) is 5.78 Å². The third-order valence-corrected chi connectivity index (χ3v) is 5.04. The molecule has 0 aromatic heterocycles. The molecular formula is C21H19N3O4. The lowest BCUT2D eigenvalue weighted by Gasteiger charge is -2.22. The zero-order valence-corrected chi connectivity index (χ0v) is 15.7. The molecule has 0 radical (unpaired) electrons. The van der Waals surface area contributed by atoms with Crippen LogP contribution in [0.3, 0.4) is 0 Å². The summed E-state index contributed by atoms with van der Waals surface area (Å²) < 4.78 is 5.13. The molecule has 7 nitrogen and oxygen atoms in total. The number of hydrogen-bond donors (Lipinski definition) is 0. The van der Waals surface area contributed by atoms with Crippen molar-refractivity contribution in [2.75, 3.05) is 17.0 Å². The molecule has 2 atom stereocenters. The first-order chi connectivity index (χ1) is 13.4. The van der Waals surface area contributed by atoms with E-state index in [2.05, 4.69) is 5.10 Å². The number of carbonyl (C=O) groups is 3. The molecule has 0 saturated carbocycles. The van der Waals surface area contributed by atoms with Crippen LogP contribution < -0.4 is 14.6 Å². The Morgan fingerprint density at radius 2 is 1.57 bits per heavy atom. The number of ketones is 1. The first-order valence-corrected chi connectivity index (χ1v) is 8.89. The van der Waals surface area contributed by atoms with Gasteiger partial charge in [0.1, 0.15) is 23.4 Å². The minimum Gasteiger partial charge on any atom is -0.497 e. The van der Waals surface area contributed by atoms with E-state index >= 15 is 0 Å². The molecule has 2 aromatic carbocycles. The van der Waals surface area contributed by atoms with Gasteiger partial charge >= 0.3 is 0 Å². The van der Waals surface area contributed by atoms with Gasteiger partial charge in [0.25, 0.3) is 5.91 Å². The van der Waals surface area contributed by atoms with Gasteiger partial charge < -0.3 is 4.74 Å². The van der Waals surface area contributed by atoms with Gasteiger partial charge in [-0.15, -0.1) is 0 Å². The quantitative estimate of drug-likeness (QED) is 0.764. The van der Waals surface area contributed by atoms with Crippen LogP contribution in [-0.4, -0.2) is 36.5 Å². The van der Waals surface area contributed by atoms with Crippen LogP contribution in [0.2, 0.25) is 0 Å². The molecule has 2 aliphatic heterocycles. The van der Waals surface area contributed by atoms with Crippen molar-refractivity contribution < 1.29 is 19.1 Å². The molecular weight excluding hydrogens is 358 g/mol. The summed E-state index contributed by atoms with van der Waals surface area (Å²) in [5, 5.41) is 5.83. The van der Waals surface area contributed by atoms with Crippen LogP contribution >= 0.6 is 0 Å². The van der Waals surface area contributed by atoms with Crippen molar-refractivity contribution in [1.29, 1.82) is 0 Å². The van der Waals surface area contributed by atoms with E-state index in [-0.39, 0.29) is 11.5 Å². The maximum absolute atomic E-state index is 13.2. The Balaban J connectivity index is 1.76. The minimum absolute atomic E-state index is 0.111. The SMILES string of the molecule is COc1ccc(N2C(=O)C3C(C(C)=O)=NN(c4ccc(C)cc4)C3C2=O)cc1. The van der Waals surface area contributed by atoms with E-state index in [4.69, 9.17) is 4.74 Å². The number of amides is 2. The number of benzene rings is 2. The van der Waals surface area contributed by atoms with E-state index < -0.39 is 23.8 Å². The average Bonchev–Trinajstić information content (AvgIpc) is 3.20. The van der Waals surface area contributed by atoms with E-state index in [1.165, 1.54) is 11.9 Å². The predicted molar refractivity (Wildman–Crippen MR) is 105 cm³/mol. The van der Waals surface area contributed by atoms with Gasteiger partial charge in [0.2, 0.25) is 5.91 Å². The Kier molecular flexibility index (Phi) is 4.22. The molecule has 28 heavy (non-hydrogen) atoms. The minimum atomic E-state index is -0.909. The Morgan fingerprint density at radius 3 is 2.14 bits per heavy atom. The second-order valence-electron chi connectivity index (χ2n) is 6.85. The monoisotopic (exact) mass is 377 g/mol. The molecule has 2 heterocycles. The molecule has 7 heteroatoms. The van der Waals surface area contributed by atoms with Crippen molar-refractivity contribution in [3.05, 3.63) is 54.1 Å². The smallest absolute Gasteiger partial charge is 0.259 e. The average molecular weight is 377 g/mol. The summed E-state index contributed by atoms with van der Waals surface area (Å²) in [5.41, 5.74) is 2.27. The van der Waals surface area contributed by atoms with E-state index in [0.29, 0.717) is 17.1 Å². The molecule has 2 aliphatic rings. The van der Waals surface area contributed by atoms with Crippen molar-refractivity contribution in [3.63, 3.8) is 0 Å². The maximum atomic E-state index is 13.2. The Bertz CT molecular complexity index is 995. The van der Waals surface area contributed by atoms with Crippen molar-refractivity contribution in [1.82, 2.24) is 0 Å². The van der Waals surface area contributed by atoms with Crippen molar-refractivity contribution >= 4 is 34.7 Å². The fourth-order valence-electron chi connectivity index (χ4n) is 3.60. The van der Waals surface area contributed by atoms with Crippen LogP contribution in [0.1, 0.15) is 12.5 Å². The summed E-state index contributed by atoms with van der Waals surface area (Å²) in [6.45, 7) is 3.32. The summed E-state index contributed by atoms with van der Waals surface area (Å²) in [7, 11) is 1.54. The highest BCUT2D eigenvalue weighted by Gasteiger charge is 2.58. The third kappa shape index (κ3) is 2.67. The Hall–Kier alpha value is -3.48. The number of nitrogens with zero attached hydrogens (tertiary/aromatic N) is 3. The van der Waals surface area contributed by atoms with Crippen LogP contribution in [0.4, 0.5) is 11.4 Å². The van der Waals surface area contributed by atoms with Gasteiger partial charge in [0.05, 0.1) is 18.5 Å². The number of ether oxygens (including phenoxy) is 1. The summed E-state index contributed by atoms with van der Waals surface area (Å²) in [4.78, 5) is 39.6. The highest BCUT2D eigenvalue weighted by atomic mass is 16.5. The predicted octanol–water partition coefficient (Wildman–Crippen LogP) is 2.33. The van der Waals surface area contributed by atoms with Crippen LogP contribution in [0.5, 0.6) is 5.75 Å². The molecule has 2 unspecified atom stereocenters. The third-order valence-electron chi connectivity index (χ3n) is 5.04. The number of hydrogen-bond acceptors (Lipinski definition) is 6. The van der Waals surface area contributed by atoms with Gasteiger partial charge in [-0.25, -0.2) is 4.90 Å². The topological polar surface area (TPSA) is 79.3 Å². The number of rotatable bonds is 4. The number of methoxy groups -OCH3 is 1. The molecule has 0 aliphatic carbocycles. The molecule has 0 bridgehead atoms. The second kappa shape index (κ2) is 6.60. The van der Waals surface area contributed by atoms with E-state index in [1.807, 2.05) is 31.2 Å². The summed E-state index contributed by atoms with van der Waals surface area (Å²) in [6.07, 6.45) is 0. The number of carbonyl (C=O) groups excluding carboxylic acids is 3. The van der Waals surface area contributed by atoms with Crippen LogP contribution in [-0.2, 0) is 14.4 Å². The first-order valence-electron chi connectivity index (χ1n) is 8.89. The number of anilines is 2. The second-order valence-corrected chi connectivity index (χ2v) is 6.85. The van der Waals surface area contributed by atoms with Gasteiger partial charge in [-0.2, -0.15) is 5.10 Å². The number of fused-ring (bicyclic) bond motifs is 1. The highest BCUT2D eigenvalue weighted by molar-refractivity contribution is 6.48. The maximum Gasteiger partial charge on any atom is 0.259 e. The Labute approximate surface area is 162 Å². The van der Waals surface area contributed by atoms with Crippen molar-refractivity contribution in [3.8, 4) is 5.75 Å². The normalized spacial score (nSPS) is 21.0. The van der Waals surface area contributed by atoms with Crippen LogP contribution in [0.25, 0.3) is 0 Å². The summed E-state index contributed by atoms with van der Waals surface area (Å²) in [6, 6.07) is 13.2. The van der Waals surface area contributed by atoms with Gasteiger partial charge in [-0.05, 0) is 43.3 Å². The van der Waals surface area contributed by atoms with Crippen LogP contribution in [0.15, 0.2) is 53.6 Å². The molecule has 1 fully saturated rings. The van der Waals surface area contributed by atoms with Gasteiger partial charge in [0, 0.05) is 6.92 Å². The van der Waals surface area contributed by atoms with Crippen molar-refractivity contribution in [2.45, 2.75) is 19.9 Å². The van der Waals surface area contributed by atoms with E-state index in [1.54, 1.807) is 31.4 Å². The largest absolute Gasteiger partial charge is 0.497 e. The highest BCUT2D eigenvalue weighted by Crippen LogP contribution is 2.38. The summed E-state index contributed by atoms with van der Waals surface area (Å²) in [5.74, 6) is -1.45. The Morgan fingerprint density at radius 1 is 0.964 bits per heavy atom. The lowest BCUT2D eigenvalue weighted by molar-refractivity contribution is -0.122. The standard InChI is InChI=1S/C21H19N3O4/c1-12-4-6-15(7-5-12)24-19-17(18(22-24)13(2)25)20(26)23(21(19)27)14-8-10-16(28-3)11-9-14/h4-11,17,19H,1-3H3. The molecule has 0 N–H and O–H groups in total. The zero-order chi connectivity index (χ0) is 20.0. The van der Waals surface area contributed by atoms with Crippen molar-refractivity contribution in [2.24, 2.45) is 11.0 Å². The molecule has 142 valence electrons. The van der Waals surface area contributed by atoms with Gasteiger partial charge in [-0.3, -0.25) is 19.4 Å². The van der Waals surface area contributed by atoms with Gasteiger partial charge in [-0.1, -0.05) is 17.7 Å². The summed E-state index contributed by atoms with van der Waals surface area (Å²) >= 11 is 0. The number of aryl methyl sites for hydroxylation is 1. The lowest BCUT2D eigenvalue weighted by Crippen LogP contribution is -2.39. The van der Waals surface area contributed by atoms with E-state index in [0.717, 1.165) is 10.5 Å².